The van der Waals surface area contributed by atoms with Crippen LogP contribution in [-0.2, 0) is 57.2 Å². The van der Waals surface area contributed by atoms with Crippen molar-refractivity contribution in [1.29, 1.82) is 0 Å². The molecule has 20 heteroatoms. The van der Waals surface area contributed by atoms with Gasteiger partial charge < -0.3 is 43.3 Å². The van der Waals surface area contributed by atoms with Gasteiger partial charge in [0.2, 0.25) is 0 Å². The van der Waals surface area contributed by atoms with Crippen LogP contribution < -0.4 is 4.72 Å². The van der Waals surface area contributed by atoms with Gasteiger partial charge in [-0.1, -0.05) is 83.1 Å². The third-order valence-corrected chi connectivity index (χ3v) is 12.2. The number of allylic oxidation sites excluding steroid dienone is 1. The van der Waals surface area contributed by atoms with Gasteiger partial charge in [-0.15, -0.1) is 0 Å². The third-order valence-electron chi connectivity index (χ3n) is 10.6. The molecule has 7 atom stereocenters. The molecule has 61 heavy (non-hydrogen) atoms. The Hall–Kier alpha value is -1.58. The lowest BCUT2D eigenvalue weighted by Gasteiger charge is -2.35. The lowest BCUT2D eigenvalue weighted by atomic mass is 9.94. The van der Waals surface area contributed by atoms with Crippen molar-refractivity contribution in [2.75, 3.05) is 67.3 Å². The van der Waals surface area contributed by atoms with Crippen molar-refractivity contribution in [1.82, 2.24) is 4.72 Å². The summed E-state index contributed by atoms with van der Waals surface area (Å²) >= 11 is 0. The Bertz CT molecular complexity index is 1420. The zero-order valence-electron chi connectivity index (χ0n) is 37.1. The highest BCUT2D eigenvalue weighted by Gasteiger charge is 2.54. The van der Waals surface area contributed by atoms with Gasteiger partial charge in [0, 0.05) is 32.4 Å². The number of nitrogens with one attached hydrogen (secondary N) is 1. The number of nitrogens with zero attached hydrogens (tertiary/aromatic N) is 1. The number of carbonyl (C=O) groups is 2. The Morgan fingerprint density at radius 3 is 2.08 bits per heavy atom. The van der Waals surface area contributed by atoms with E-state index in [0.717, 1.165) is 64.2 Å². The minimum absolute atomic E-state index is 0.000976. The summed E-state index contributed by atoms with van der Waals surface area (Å²) in [5.74, 6) is -1.65. The van der Waals surface area contributed by atoms with Crippen molar-refractivity contribution in [3.8, 4) is 0 Å². The van der Waals surface area contributed by atoms with Gasteiger partial charge in [-0.3, -0.25) is 18.4 Å². The number of fused-ring (bicyclic) bond motifs is 2. The van der Waals surface area contributed by atoms with Gasteiger partial charge in [0.25, 0.3) is 0 Å². The average molecular weight is 918 g/mol. The summed E-state index contributed by atoms with van der Waals surface area (Å²) in [7, 11) is -3.00. The van der Waals surface area contributed by atoms with Crippen LogP contribution in [0.5, 0.6) is 0 Å². The molecule has 0 aliphatic carbocycles. The first kappa shape index (κ1) is 55.6. The van der Waals surface area contributed by atoms with E-state index in [-0.39, 0.29) is 37.5 Å². The molecule has 358 valence electrons. The summed E-state index contributed by atoms with van der Waals surface area (Å²) in [6.45, 7) is 0.865. The fourth-order valence-corrected chi connectivity index (χ4v) is 8.63. The standard InChI is InChI=1S/C41H77N2O16PS/c1-34(46)56-37-24-26-41(25-20-16-11-9-7-5-6-8-10-12-17-21-28-53-32-35(30-44)42-61(50,51)52)58-38(40(37)59-41)22-18-14-13-15-19-23-39(47)57-36(31-45)33-55-60(48,49)54-29-27-43(2,3)4/h19,23,35-38,40,42,44-45H,5-18,20-22,24-33H2,1-4H3,(H-,48,49,50,51,52)/p+1/b23-19+/t35-,36+,37+,38+,40+,41-/m0/s1. The summed E-state index contributed by atoms with van der Waals surface area (Å²) in [5, 5.41) is 18.7. The van der Waals surface area contributed by atoms with Crippen LogP contribution >= 0.6 is 7.82 Å². The van der Waals surface area contributed by atoms with Crippen LogP contribution in [0.25, 0.3) is 0 Å². The van der Waals surface area contributed by atoms with E-state index >= 15 is 0 Å². The monoisotopic (exact) mass is 917 g/mol. The quantitative estimate of drug-likeness (QED) is 0.0133. The number of carbonyl (C=O) groups excluding carboxylic acids is 2. The number of phosphoric acid groups is 1. The van der Waals surface area contributed by atoms with Crippen LogP contribution in [0.1, 0.15) is 135 Å². The van der Waals surface area contributed by atoms with Gasteiger partial charge in [0.05, 0.1) is 59.7 Å². The van der Waals surface area contributed by atoms with E-state index in [1.165, 1.54) is 57.9 Å². The molecule has 0 spiro atoms. The minimum atomic E-state index is -4.37. The lowest BCUT2D eigenvalue weighted by molar-refractivity contribution is -0.870. The summed E-state index contributed by atoms with van der Waals surface area (Å²) in [6, 6.07) is -0.853. The minimum Gasteiger partial charge on any atom is -0.460 e. The number of phosphoric ester groups is 1. The predicted molar refractivity (Wildman–Crippen MR) is 227 cm³/mol. The van der Waals surface area contributed by atoms with Crippen LogP contribution in [0, 0.1) is 0 Å². The van der Waals surface area contributed by atoms with Crippen LogP contribution in [0.4, 0.5) is 0 Å². The summed E-state index contributed by atoms with van der Waals surface area (Å²) < 4.78 is 84.2. The molecular weight excluding hydrogens is 839 g/mol. The molecule has 0 saturated carbocycles. The van der Waals surface area contributed by atoms with Crippen LogP contribution in [0.15, 0.2) is 12.2 Å². The topological polar surface area (TPSA) is 243 Å². The van der Waals surface area contributed by atoms with Gasteiger partial charge in [0.15, 0.2) is 5.79 Å². The van der Waals surface area contributed by atoms with Crippen LogP contribution in [0.2, 0.25) is 0 Å². The summed E-state index contributed by atoms with van der Waals surface area (Å²) in [4.78, 5) is 34.0. The maximum Gasteiger partial charge on any atom is 0.472 e. The molecule has 0 aromatic heterocycles. The zero-order valence-corrected chi connectivity index (χ0v) is 38.8. The number of quaternary nitrogens is 1. The summed E-state index contributed by atoms with van der Waals surface area (Å²) in [6.07, 6.45) is 20.8. The number of aliphatic hydroxyl groups is 2. The molecule has 0 aromatic carbocycles. The van der Waals surface area contributed by atoms with Crippen molar-refractivity contribution < 1.29 is 79.4 Å². The molecule has 0 radical (unpaired) electrons. The molecular formula is C41H78N2O16PS+. The molecule has 1 unspecified atom stereocenters. The van der Waals surface area contributed by atoms with E-state index in [2.05, 4.69) is 0 Å². The molecule has 2 aliphatic rings. The van der Waals surface area contributed by atoms with E-state index in [0.29, 0.717) is 36.9 Å². The fraction of sp³-hybridized carbons (Fsp3) is 0.902. The Morgan fingerprint density at radius 1 is 0.869 bits per heavy atom. The van der Waals surface area contributed by atoms with E-state index in [1.807, 2.05) is 25.9 Å². The Morgan fingerprint density at radius 2 is 1.49 bits per heavy atom. The van der Waals surface area contributed by atoms with Gasteiger partial charge in [-0.05, 0) is 38.5 Å². The molecule has 0 amide bonds. The second-order valence-corrected chi connectivity index (χ2v) is 19.9. The highest BCUT2D eigenvalue weighted by atomic mass is 32.2. The molecule has 2 aliphatic heterocycles. The normalized spacial score (nSPS) is 22.6. The smallest absolute Gasteiger partial charge is 0.460 e. The van der Waals surface area contributed by atoms with Gasteiger partial charge in [-0.2, -0.15) is 13.1 Å². The van der Waals surface area contributed by atoms with Gasteiger partial charge in [-0.25, -0.2) is 9.36 Å². The van der Waals surface area contributed by atoms with E-state index in [9.17, 15) is 32.6 Å². The maximum atomic E-state index is 12.3. The molecule has 18 nitrogen and oxygen atoms in total. The third kappa shape index (κ3) is 26.7. The number of rotatable bonds is 37. The highest BCUT2D eigenvalue weighted by molar-refractivity contribution is 7.83. The number of esters is 2. The molecule has 5 N–H and O–H groups in total. The van der Waals surface area contributed by atoms with E-state index < -0.39 is 61.8 Å². The number of ether oxygens (including phenoxy) is 5. The lowest BCUT2D eigenvalue weighted by Crippen LogP contribution is -2.43. The SMILES string of the molecule is CC(=O)O[C@@H]1CC[C@]2(CCCCCCCCCCCCCCOC[C@H](CO)NS(=O)(=O)O)O[C@H]1[C@@H](CCCCC/C=C/C(=O)O[C@H](CO)COP(=O)(O)OCC[N+](C)(C)C)O2. The predicted octanol–water partition coefficient (Wildman–Crippen LogP) is 5.28. The van der Waals surface area contributed by atoms with Crippen molar-refractivity contribution >= 4 is 30.1 Å². The van der Waals surface area contributed by atoms with Crippen molar-refractivity contribution in [3.63, 3.8) is 0 Å². The number of likely N-dealkylation sites (N-methyl/N-ethyl adjacent to an activating group) is 1. The highest BCUT2D eigenvalue weighted by Crippen LogP contribution is 2.46. The molecule has 0 aromatic rings. The van der Waals surface area contributed by atoms with Gasteiger partial charge >= 0.3 is 30.1 Å². The number of hydrogen-bond acceptors (Lipinski definition) is 14. The molecule has 2 saturated heterocycles. The van der Waals surface area contributed by atoms with Crippen molar-refractivity contribution in [2.45, 2.75) is 172 Å². The van der Waals surface area contributed by atoms with Crippen LogP contribution in [-0.4, -0.2) is 148 Å². The number of aliphatic hydroxyl groups excluding tert-OH is 2. The van der Waals surface area contributed by atoms with E-state index in [1.54, 1.807) is 6.08 Å². The molecule has 2 rings (SSSR count). The molecule has 2 fully saturated rings. The Kier molecular flexibility index (Phi) is 27.1. The first-order valence-electron chi connectivity index (χ1n) is 22.2. The first-order chi connectivity index (χ1) is 28.9. The first-order valence-corrected chi connectivity index (χ1v) is 25.2. The Balaban J connectivity index is 1.57. The largest absolute Gasteiger partial charge is 0.472 e. The summed E-state index contributed by atoms with van der Waals surface area (Å²) in [5.41, 5.74) is 0. The fourth-order valence-electron chi connectivity index (χ4n) is 7.32. The second kappa shape index (κ2) is 29.8. The molecule has 2 bridgehead atoms. The zero-order chi connectivity index (χ0) is 45.2. The van der Waals surface area contributed by atoms with E-state index in [4.69, 9.17) is 42.4 Å². The average Bonchev–Trinajstić information content (AvgIpc) is 3.47. The van der Waals surface area contributed by atoms with Crippen molar-refractivity contribution in [3.05, 3.63) is 12.2 Å². The number of hydrogen-bond donors (Lipinski definition) is 5. The van der Waals surface area contributed by atoms with Gasteiger partial charge in [0.1, 0.15) is 31.5 Å². The van der Waals surface area contributed by atoms with Crippen molar-refractivity contribution in [2.24, 2.45) is 0 Å². The maximum absolute atomic E-state index is 12.3. The second-order valence-electron chi connectivity index (χ2n) is 17.3. The Labute approximate surface area is 364 Å². The number of unbranched alkanes of at least 4 members (excludes halogenated alkanes) is 14. The molecule has 2 heterocycles. The van der Waals surface area contributed by atoms with Crippen LogP contribution in [0.3, 0.4) is 0 Å².